The molecule has 1 aliphatic heterocycles. The third kappa shape index (κ3) is 5.56. The van der Waals surface area contributed by atoms with E-state index in [4.69, 9.17) is 9.41 Å². The summed E-state index contributed by atoms with van der Waals surface area (Å²) in [5.74, 6) is 0.857. The molecule has 6 aromatic carbocycles. The second-order valence-electron chi connectivity index (χ2n) is 15.0. The zero-order valence-electron chi connectivity index (χ0n) is 31.0. The molecule has 0 radical (unpaired) electrons. The second-order valence-corrected chi connectivity index (χ2v) is 15.0. The number of aromatic nitrogens is 1. The van der Waals surface area contributed by atoms with Gasteiger partial charge in [-0.05, 0) is 101 Å². The highest BCUT2D eigenvalue weighted by Crippen LogP contribution is 2.42. The molecule has 3 heterocycles. The lowest BCUT2D eigenvalue weighted by Crippen LogP contribution is -2.31. The molecule has 0 spiro atoms. The summed E-state index contributed by atoms with van der Waals surface area (Å²) in [5, 5.41) is 7.32. The Balaban J connectivity index is 1.07. The van der Waals surface area contributed by atoms with Crippen molar-refractivity contribution < 1.29 is 4.42 Å². The number of benzene rings is 6. The molecule has 2 aromatic heterocycles. The van der Waals surface area contributed by atoms with Crippen LogP contribution in [0.2, 0.25) is 0 Å². The first kappa shape index (κ1) is 32.5. The van der Waals surface area contributed by atoms with E-state index in [-0.39, 0.29) is 6.04 Å². The first-order valence-electron chi connectivity index (χ1n) is 19.7. The largest absolute Gasteiger partial charge is 0.456 e. The van der Waals surface area contributed by atoms with E-state index in [9.17, 15) is 0 Å². The Hall–Kier alpha value is -6.91. The number of nitrogens with one attached hydrogen (secondary N) is 1. The Labute approximate surface area is 326 Å². The molecule has 8 aromatic rings. The van der Waals surface area contributed by atoms with Gasteiger partial charge in [-0.2, -0.15) is 0 Å². The van der Waals surface area contributed by atoms with E-state index in [1.54, 1.807) is 0 Å². The second kappa shape index (κ2) is 13.4. The topological polar surface area (TPSA) is 42.5 Å². The lowest BCUT2D eigenvalue weighted by molar-refractivity contribution is 0.667. The Bertz CT molecular complexity index is 2970. The molecule has 0 saturated heterocycles. The highest BCUT2D eigenvalue weighted by atomic mass is 16.3. The number of fused-ring (bicyclic) bond motifs is 6. The number of hydrogen-bond donors (Lipinski definition) is 1. The Kier molecular flexibility index (Phi) is 7.80. The van der Waals surface area contributed by atoms with Crippen molar-refractivity contribution in [3.05, 3.63) is 209 Å². The molecule has 0 amide bonds. The van der Waals surface area contributed by atoms with Crippen molar-refractivity contribution in [3.63, 3.8) is 0 Å². The molecule has 11 rings (SSSR count). The molecule has 4 heteroatoms. The summed E-state index contributed by atoms with van der Waals surface area (Å²) in [6, 6.07) is 51.6. The summed E-state index contributed by atoms with van der Waals surface area (Å²) in [4.78, 5) is 5.12. The van der Waals surface area contributed by atoms with E-state index in [1.165, 1.54) is 44.4 Å². The lowest BCUT2D eigenvalue weighted by Gasteiger charge is -2.25. The molecule has 1 unspecified atom stereocenters. The van der Waals surface area contributed by atoms with Gasteiger partial charge in [0.15, 0.2) is 0 Å². The van der Waals surface area contributed by atoms with E-state index < -0.39 is 0 Å². The van der Waals surface area contributed by atoms with E-state index >= 15 is 0 Å². The summed E-state index contributed by atoms with van der Waals surface area (Å²) in [6.45, 7) is 0. The number of nitrogens with zero attached hydrogens (tertiary/aromatic N) is 2. The summed E-state index contributed by atoms with van der Waals surface area (Å²) in [6.07, 6.45) is 15.8. The van der Waals surface area contributed by atoms with Gasteiger partial charge >= 0.3 is 0 Å². The molecule has 1 N–H and O–H groups in total. The number of amidine groups is 1. The number of rotatable bonds is 6. The zero-order valence-corrected chi connectivity index (χ0v) is 31.0. The van der Waals surface area contributed by atoms with Crippen LogP contribution < -0.4 is 5.32 Å². The van der Waals surface area contributed by atoms with Crippen LogP contribution in [0.25, 0.3) is 61.4 Å². The minimum Gasteiger partial charge on any atom is -0.456 e. The van der Waals surface area contributed by atoms with E-state index in [0.717, 1.165) is 81.5 Å². The minimum atomic E-state index is -0.119. The van der Waals surface area contributed by atoms with Gasteiger partial charge in [-0.3, -0.25) is 0 Å². The quantitative estimate of drug-likeness (QED) is 0.186. The predicted octanol–water partition coefficient (Wildman–Crippen LogP) is 12.9. The van der Waals surface area contributed by atoms with Crippen LogP contribution in [0.3, 0.4) is 0 Å². The zero-order chi connectivity index (χ0) is 37.0. The van der Waals surface area contributed by atoms with Gasteiger partial charge in [-0.25, -0.2) is 4.99 Å². The van der Waals surface area contributed by atoms with Gasteiger partial charge < -0.3 is 14.3 Å². The first-order chi connectivity index (χ1) is 27.7. The fourth-order valence-corrected chi connectivity index (χ4v) is 8.96. The maximum absolute atomic E-state index is 6.79. The summed E-state index contributed by atoms with van der Waals surface area (Å²) >= 11 is 0. The number of furan rings is 1. The molecular weight excluding hydrogens is 683 g/mol. The normalized spacial score (nSPS) is 16.6. The van der Waals surface area contributed by atoms with Gasteiger partial charge in [0.25, 0.3) is 0 Å². The molecule has 268 valence electrons. The number of allylic oxidation sites excluding steroid dienone is 5. The number of hydrogen-bond acceptors (Lipinski definition) is 3. The van der Waals surface area contributed by atoms with Crippen LogP contribution in [0.1, 0.15) is 53.3 Å². The summed E-state index contributed by atoms with van der Waals surface area (Å²) < 4.78 is 9.26. The standard InChI is InChI=1S/C52H39N3O/c1-5-14-34(15-6-1)38-24-27-41-42-28-25-39(35-16-7-2-8-17-35)31-48(42)55(47(41)30-38)40-26-29-44-50(32-40)56-49-23-13-22-43(51(44)49)46-33-45(36-18-9-3-10-19-36)53-52(54-46)37-20-11-4-12-21-37/h1-7,9-16,18-24,26-27,29-33,46H,8,17,25,28H2,(H,53,54). The average Bonchev–Trinajstić information content (AvgIpc) is 3.82. The third-order valence-corrected chi connectivity index (χ3v) is 11.7. The number of aryl methyl sites for hydroxylation is 1. The van der Waals surface area contributed by atoms with Crippen molar-refractivity contribution in [3.8, 4) is 16.8 Å². The highest BCUT2D eigenvalue weighted by Gasteiger charge is 2.26. The first-order valence-corrected chi connectivity index (χ1v) is 19.7. The smallest absolute Gasteiger partial charge is 0.137 e. The van der Waals surface area contributed by atoms with Crippen molar-refractivity contribution in [2.45, 2.75) is 31.7 Å². The number of aliphatic imine (C=N–C) groups is 1. The molecule has 4 nitrogen and oxygen atoms in total. The van der Waals surface area contributed by atoms with Crippen molar-refractivity contribution in [2.24, 2.45) is 4.99 Å². The minimum absolute atomic E-state index is 0.119. The van der Waals surface area contributed by atoms with Gasteiger partial charge in [-0.1, -0.05) is 133 Å². The van der Waals surface area contributed by atoms with Crippen molar-refractivity contribution >= 4 is 50.5 Å². The van der Waals surface area contributed by atoms with Crippen LogP contribution in [0, 0.1) is 0 Å². The SMILES string of the molecule is C1=CCCC(C2=Cc3c(c4ccc(-c5ccccc5)cc4n3-c3ccc4c(c3)oc3cccc(C5C=C(c6ccccc6)N=C(c6ccccc6)N5)c34)CC2)=C1. The molecule has 1 atom stereocenters. The van der Waals surface area contributed by atoms with E-state index in [2.05, 4.69) is 174 Å². The van der Waals surface area contributed by atoms with Gasteiger partial charge in [0.1, 0.15) is 17.0 Å². The maximum atomic E-state index is 6.79. The van der Waals surface area contributed by atoms with Crippen LogP contribution in [-0.2, 0) is 6.42 Å². The van der Waals surface area contributed by atoms with Crippen LogP contribution in [0.5, 0.6) is 0 Å². The van der Waals surface area contributed by atoms with Crippen LogP contribution in [-0.4, -0.2) is 10.4 Å². The fraction of sp³-hybridized carbons (Fsp3) is 0.0962. The van der Waals surface area contributed by atoms with Gasteiger partial charge in [0.05, 0.1) is 22.9 Å². The lowest BCUT2D eigenvalue weighted by atomic mass is 9.87. The molecule has 56 heavy (non-hydrogen) atoms. The van der Waals surface area contributed by atoms with Gasteiger partial charge in [0.2, 0.25) is 0 Å². The van der Waals surface area contributed by atoms with Gasteiger partial charge in [0, 0.05) is 33.5 Å². The molecule has 0 bridgehead atoms. The van der Waals surface area contributed by atoms with Gasteiger partial charge in [-0.15, -0.1) is 0 Å². The van der Waals surface area contributed by atoms with Crippen molar-refractivity contribution in [1.82, 2.24) is 9.88 Å². The molecule has 0 fully saturated rings. The third-order valence-electron chi connectivity index (χ3n) is 11.7. The predicted molar refractivity (Wildman–Crippen MR) is 232 cm³/mol. The molecule has 0 saturated carbocycles. The monoisotopic (exact) mass is 721 g/mol. The summed E-state index contributed by atoms with van der Waals surface area (Å²) in [5.41, 5.74) is 16.4. The van der Waals surface area contributed by atoms with E-state index in [1.807, 2.05) is 12.1 Å². The van der Waals surface area contributed by atoms with Crippen molar-refractivity contribution in [2.75, 3.05) is 0 Å². The van der Waals surface area contributed by atoms with Crippen LogP contribution in [0.4, 0.5) is 0 Å². The average molecular weight is 722 g/mol. The van der Waals surface area contributed by atoms with Crippen LogP contribution >= 0.6 is 0 Å². The Morgan fingerprint density at radius 3 is 2.18 bits per heavy atom. The van der Waals surface area contributed by atoms with E-state index in [0.29, 0.717) is 0 Å². The Morgan fingerprint density at radius 1 is 0.625 bits per heavy atom. The molecular formula is C52H39N3O. The van der Waals surface area contributed by atoms with Crippen LogP contribution in [0.15, 0.2) is 190 Å². The molecule has 2 aliphatic carbocycles. The molecule has 3 aliphatic rings. The highest BCUT2D eigenvalue weighted by molar-refractivity contribution is 6.09. The Morgan fingerprint density at radius 2 is 1.39 bits per heavy atom. The van der Waals surface area contributed by atoms with Crippen molar-refractivity contribution in [1.29, 1.82) is 0 Å². The maximum Gasteiger partial charge on any atom is 0.137 e. The fourth-order valence-electron chi connectivity index (χ4n) is 8.96. The summed E-state index contributed by atoms with van der Waals surface area (Å²) in [7, 11) is 0.